The Bertz CT molecular complexity index is 585. The van der Waals surface area contributed by atoms with Gasteiger partial charge in [-0.05, 0) is 37.6 Å². The Morgan fingerprint density at radius 2 is 2.14 bits per heavy atom. The van der Waals surface area contributed by atoms with E-state index in [4.69, 9.17) is 4.52 Å². The van der Waals surface area contributed by atoms with Gasteiger partial charge < -0.3 is 14.7 Å². The molecule has 1 N–H and O–H groups in total. The van der Waals surface area contributed by atoms with Crippen molar-refractivity contribution in [3.63, 3.8) is 0 Å². The van der Waals surface area contributed by atoms with Crippen LogP contribution in [0.15, 0.2) is 28.8 Å². The predicted octanol–water partition coefficient (Wildman–Crippen LogP) is 3.01. The summed E-state index contributed by atoms with van der Waals surface area (Å²) in [5.74, 6) is 1.38. The fraction of sp³-hybridized carbons (Fsp3) is 0.500. The summed E-state index contributed by atoms with van der Waals surface area (Å²) in [5.41, 5.74) is 2.09. The molecule has 1 aliphatic rings. The topological polar surface area (TPSA) is 54.2 Å². The minimum absolute atomic E-state index is 0.224. The average Bonchev–Trinajstić information content (AvgIpc) is 2.83. The number of hydrogen-bond acceptors (Lipinski definition) is 5. The lowest BCUT2D eigenvalue weighted by Crippen LogP contribution is -2.21. The van der Waals surface area contributed by atoms with Gasteiger partial charge in [0.25, 0.3) is 5.89 Å². The Morgan fingerprint density at radius 1 is 1.24 bits per heavy atom. The van der Waals surface area contributed by atoms with Crippen molar-refractivity contribution < 1.29 is 4.52 Å². The monoisotopic (exact) mass is 286 g/mol. The van der Waals surface area contributed by atoms with Gasteiger partial charge in [0.05, 0.1) is 6.04 Å². The van der Waals surface area contributed by atoms with Crippen LogP contribution in [-0.4, -0.2) is 30.8 Å². The van der Waals surface area contributed by atoms with Gasteiger partial charge in [0.15, 0.2) is 5.82 Å². The number of nitrogens with one attached hydrogen (secondary N) is 1. The molecule has 0 saturated carbocycles. The van der Waals surface area contributed by atoms with Gasteiger partial charge >= 0.3 is 0 Å². The Balaban J connectivity index is 1.82. The van der Waals surface area contributed by atoms with Crippen LogP contribution >= 0.6 is 0 Å². The predicted molar refractivity (Wildman–Crippen MR) is 83.3 cm³/mol. The quantitative estimate of drug-likeness (QED) is 0.940. The number of hydrogen-bond donors (Lipinski definition) is 1. The summed E-state index contributed by atoms with van der Waals surface area (Å²) in [5, 5.41) is 7.67. The number of rotatable bonds is 3. The van der Waals surface area contributed by atoms with Crippen LogP contribution in [-0.2, 0) is 0 Å². The van der Waals surface area contributed by atoms with Gasteiger partial charge in [-0.3, -0.25) is 0 Å². The third-order valence-corrected chi connectivity index (χ3v) is 3.92. The average molecular weight is 286 g/mol. The van der Waals surface area contributed by atoms with E-state index in [0.717, 1.165) is 30.0 Å². The molecule has 5 heteroatoms. The van der Waals surface area contributed by atoms with Gasteiger partial charge in [-0.25, -0.2) is 0 Å². The van der Waals surface area contributed by atoms with Crippen molar-refractivity contribution in [3.05, 3.63) is 30.1 Å². The normalized spacial score (nSPS) is 19.2. The summed E-state index contributed by atoms with van der Waals surface area (Å²) in [7, 11) is 4.04. The second-order valence-electron chi connectivity index (χ2n) is 5.76. The van der Waals surface area contributed by atoms with Crippen molar-refractivity contribution >= 4 is 5.69 Å². The molecule has 3 rings (SSSR count). The van der Waals surface area contributed by atoms with E-state index < -0.39 is 0 Å². The Morgan fingerprint density at radius 3 is 3.00 bits per heavy atom. The molecule has 2 heterocycles. The first-order valence-electron chi connectivity index (χ1n) is 7.59. The molecule has 1 saturated heterocycles. The van der Waals surface area contributed by atoms with Gasteiger partial charge in [0.2, 0.25) is 0 Å². The van der Waals surface area contributed by atoms with Crippen molar-refractivity contribution in [1.29, 1.82) is 0 Å². The molecular formula is C16H22N4O. The fourth-order valence-corrected chi connectivity index (χ4v) is 2.66. The maximum absolute atomic E-state index is 5.46. The highest BCUT2D eigenvalue weighted by molar-refractivity contribution is 5.61. The summed E-state index contributed by atoms with van der Waals surface area (Å²) in [6, 6.07) is 8.37. The highest BCUT2D eigenvalue weighted by atomic mass is 16.5. The Kier molecular flexibility index (Phi) is 4.20. The second-order valence-corrected chi connectivity index (χ2v) is 5.76. The zero-order chi connectivity index (χ0) is 14.7. The smallest absolute Gasteiger partial charge is 0.258 e. The second kappa shape index (κ2) is 6.26. The molecule has 1 fully saturated rings. The highest BCUT2D eigenvalue weighted by Gasteiger charge is 2.20. The van der Waals surface area contributed by atoms with Crippen molar-refractivity contribution in [3.8, 4) is 11.5 Å². The van der Waals surface area contributed by atoms with Crippen molar-refractivity contribution in [2.24, 2.45) is 0 Å². The Hall–Kier alpha value is -1.88. The molecule has 1 aliphatic heterocycles. The van der Waals surface area contributed by atoms with Crippen molar-refractivity contribution in [1.82, 2.24) is 15.5 Å². The van der Waals surface area contributed by atoms with E-state index in [1.54, 1.807) is 0 Å². The first kappa shape index (κ1) is 14.1. The van der Waals surface area contributed by atoms with Crippen LogP contribution < -0.4 is 10.2 Å². The molecule has 1 aromatic heterocycles. The SMILES string of the molecule is CN(C)c1cccc(-c2nc(C3CCCCCN3)no2)c1. The number of aromatic nitrogens is 2. The molecule has 0 amide bonds. The molecule has 112 valence electrons. The van der Waals surface area contributed by atoms with Crippen LogP contribution in [0.25, 0.3) is 11.5 Å². The maximum Gasteiger partial charge on any atom is 0.258 e. The number of benzene rings is 1. The van der Waals surface area contributed by atoms with E-state index >= 15 is 0 Å². The third-order valence-electron chi connectivity index (χ3n) is 3.92. The lowest BCUT2D eigenvalue weighted by atomic mass is 10.1. The molecule has 1 unspecified atom stereocenters. The zero-order valence-corrected chi connectivity index (χ0v) is 12.7. The van der Waals surface area contributed by atoms with E-state index in [2.05, 4.69) is 32.5 Å². The molecule has 0 aliphatic carbocycles. The zero-order valence-electron chi connectivity index (χ0n) is 12.7. The standard InChI is InChI=1S/C16H22N4O/c1-20(2)13-8-6-7-12(11-13)16-18-15(19-21-16)14-9-4-3-5-10-17-14/h6-8,11,14,17H,3-5,9-10H2,1-2H3. The summed E-state index contributed by atoms with van der Waals surface area (Å²) in [6.45, 7) is 1.03. The highest BCUT2D eigenvalue weighted by Crippen LogP contribution is 2.25. The molecule has 21 heavy (non-hydrogen) atoms. The van der Waals surface area contributed by atoms with Crippen LogP contribution in [0.4, 0.5) is 5.69 Å². The molecular weight excluding hydrogens is 264 g/mol. The Labute approximate surface area is 125 Å². The molecule has 0 radical (unpaired) electrons. The van der Waals surface area contributed by atoms with E-state index in [9.17, 15) is 0 Å². The molecule has 0 spiro atoms. The van der Waals surface area contributed by atoms with Crippen molar-refractivity contribution in [2.45, 2.75) is 31.7 Å². The van der Waals surface area contributed by atoms with E-state index in [0.29, 0.717) is 5.89 Å². The molecule has 5 nitrogen and oxygen atoms in total. The first-order chi connectivity index (χ1) is 10.2. The van der Waals surface area contributed by atoms with E-state index in [1.807, 2.05) is 26.2 Å². The molecule has 1 aromatic carbocycles. The van der Waals surface area contributed by atoms with E-state index in [-0.39, 0.29) is 6.04 Å². The minimum Gasteiger partial charge on any atom is -0.378 e. The van der Waals surface area contributed by atoms with Crippen molar-refractivity contribution in [2.75, 3.05) is 25.5 Å². The van der Waals surface area contributed by atoms with Gasteiger partial charge in [0.1, 0.15) is 0 Å². The van der Waals surface area contributed by atoms with Crippen LogP contribution in [0.1, 0.15) is 37.5 Å². The lowest BCUT2D eigenvalue weighted by Gasteiger charge is -2.12. The third kappa shape index (κ3) is 3.24. The van der Waals surface area contributed by atoms with Gasteiger partial charge in [-0.1, -0.05) is 24.1 Å². The van der Waals surface area contributed by atoms with Crippen LogP contribution in [0.2, 0.25) is 0 Å². The number of nitrogens with zero attached hydrogens (tertiary/aromatic N) is 3. The minimum atomic E-state index is 0.224. The fourth-order valence-electron chi connectivity index (χ4n) is 2.66. The van der Waals surface area contributed by atoms with E-state index in [1.165, 1.54) is 19.3 Å². The molecule has 1 atom stereocenters. The van der Waals surface area contributed by atoms with Crippen LogP contribution in [0.3, 0.4) is 0 Å². The summed E-state index contributed by atoms with van der Waals surface area (Å²) in [4.78, 5) is 6.65. The molecule has 0 bridgehead atoms. The first-order valence-corrected chi connectivity index (χ1v) is 7.59. The van der Waals surface area contributed by atoms with Gasteiger partial charge in [-0.15, -0.1) is 0 Å². The largest absolute Gasteiger partial charge is 0.378 e. The van der Waals surface area contributed by atoms with Gasteiger partial charge in [-0.2, -0.15) is 4.98 Å². The summed E-state index contributed by atoms with van der Waals surface area (Å²) < 4.78 is 5.46. The lowest BCUT2D eigenvalue weighted by molar-refractivity contribution is 0.402. The summed E-state index contributed by atoms with van der Waals surface area (Å²) >= 11 is 0. The van der Waals surface area contributed by atoms with Crippen LogP contribution in [0.5, 0.6) is 0 Å². The van der Waals surface area contributed by atoms with Gasteiger partial charge in [0, 0.05) is 25.3 Å². The molecule has 2 aromatic rings. The summed E-state index contributed by atoms with van der Waals surface area (Å²) in [6.07, 6.45) is 4.81. The number of anilines is 1. The van der Waals surface area contributed by atoms with Crippen LogP contribution in [0, 0.1) is 0 Å². The maximum atomic E-state index is 5.46.